The predicted octanol–water partition coefficient (Wildman–Crippen LogP) is 6.58. The van der Waals surface area contributed by atoms with Crippen LogP contribution in [-0.4, -0.2) is 23.5 Å². The van der Waals surface area contributed by atoms with Crippen molar-refractivity contribution in [2.24, 2.45) is 0 Å². The van der Waals surface area contributed by atoms with Gasteiger partial charge in [-0.2, -0.15) is 0 Å². The third-order valence-electron chi connectivity index (χ3n) is 5.84. The van der Waals surface area contributed by atoms with Gasteiger partial charge in [-0.1, -0.05) is 48.5 Å². The van der Waals surface area contributed by atoms with E-state index >= 15 is 0 Å². The molecule has 0 fully saturated rings. The highest BCUT2D eigenvalue weighted by molar-refractivity contribution is 8.00. The van der Waals surface area contributed by atoms with Gasteiger partial charge in [-0.25, -0.2) is 4.39 Å². The lowest BCUT2D eigenvalue weighted by atomic mass is 10.1. The van der Waals surface area contributed by atoms with Crippen LogP contribution in [0.2, 0.25) is 0 Å². The highest BCUT2D eigenvalue weighted by atomic mass is 32.2. The molecule has 8 heteroatoms. The Kier molecular flexibility index (Phi) is 9.48. The first-order valence-corrected chi connectivity index (χ1v) is 13.5. The minimum absolute atomic E-state index is 0.00794. The Labute approximate surface area is 236 Å². The molecule has 0 aromatic heterocycles. The zero-order valence-electron chi connectivity index (χ0n) is 22.0. The molecular weight excluding hydrogens is 525 g/mol. The maximum atomic E-state index is 13.4. The summed E-state index contributed by atoms with van der Waals surface area (Å²) >= 11 is 1.34. The number of benzene rings is 4. The smallest absolute Gasteiger partial charge is 0.272 e. The van der Waals surface area contributed by atoms with Gasteiger partial charge in [0, 0.05) is 21.8 Å². The molecule has 4 rings (SSSR count). The maximum Gasteiger partial charge on any atom is 0.272 e. The third kappa shape index (κ3) is 8.15. The molecule has 6 nitrogen and oxygen atoms in total. The molecule has 0 saturated heterocycles. The van der Waals surface area contributed by atoms with E-state index in [1.54, 1.807) is 48.5 Å². The average molecular weight is 554 g/mol. The minimum Gasteiger partial charge on any atom is -0.325 e. The molecule has 4 aromatic rings. The van der Waals surface area contributed by atoms with E-state index in [1.807, 2.05) is 38.1 Å². The Bertz CT molecular complexity index is 1550. The van der Waals surface area contributed by atoms with Crippen LogP contribution in [-0.2, 0) is 9.59 Å². The molecule has 0 bridgehead atoms. The molecule has 202 valence electrons. The number of nitrogens with one attached hydrogen (secondary N) is 3. The van der Waals surface area contributed by atoms with E-state index in [2.05, 4.69) is 16.0 Å². The van der Waals surface area contributed by atoms with Gasteiger partial charge in [-0.3, -0.25) is 14.4 Å². The Morgan fingerprint density at radius 1 is 0.825 bits per heavy atom. The zero-order chi connectivity index (χ0) is 28.5. The van der Waals surface area contributed by atoms with Gasteiger partial charge in [-0.05, 0) is 85.1 Å². The van der Waals surface area contributed by atoms with Crippen LogP contribution in [0.1, 0.15) is 27.0 Å². The van der Waals surface area contributed by atoms with Crippen molar-refractivity contribution in [3.63, 3.8) is 0 Å². The third-order valence-corrected chi connectivity index (χ3v) is 6.83. The molecular formula is C32H28FN3O3S. The second-order valence-electron chi connectivity index (χ2n) is 9.07. The molecule has 0 atom stereocenters. The summed E-state index contributed by atoms with van der Waals surface area (Å²) in [5.74, 6) is -1.37. The highest BCUT2D eigenvalue weighted by Gasteiger charge is 2.16. The minimum atomic E-state index is -0.552. The monoisotopic (exact) mass is 553 g/mol. The van der Waals surface area contributed by atoms with Crippen molar-refractivity contribution in [3.05, 3.63) is 131 Å². The van der Waals surface area contributed by atoms with Gasteiger partial charge < -0.3 is 16.0 Å². The van der Waals surface area contributed by atoms with Gasteiger partial charge in [-0.15, -0.1) is 11.8 Å². The summed E-state index contributed by atoms with van der Waals surface area (Å²) in [6, 6.07) is 27.1. The van der Waals surface area contributed by atoms with Gasteiger partial charge in [0.05, 0.1) is 5.75 Å². The number of carbonyl (C=O) groups excluding carboxylic acids is 3. The molecule has 0 radical (unpaired) electrons. The van der Waals surface area contributed by atoms with Gasteiger partial charge in [0.15, 0.2) is 0 Å². The fourth-order valence-electron chi connectivity index (χ4n) is 3.74. The van der Waals surface area contributed by atoms with Crippen molar-refractivity contribution in [1.82, 2.24) is 5.32 Å². The van der Waals surface area contributed by atoms with E-state index in [9.17, 15) is 18.8 Å². The normalized spacial score (nSPS) is 11.0. The number of thioether (sulfide) groups is 1. The molecule has 0 aliphatic rings. The van der Waals surface area contributed by atoms with Crippen LogP contribution in [0.15, 0.2) is 108 Å². The molecule has 0 aliphatic heterocycles. The molecule has 0 spiro atoms. The Morgan fingerprint density at radius 2 is 1.57 bits per heavy atom. The lowest BCUT2D eigenvalue weighted by Gasteiger charge is -2.12. The quantitative estimate of drug-likeness (QED) is 0.161. The fourth-order valence-corrected chi connectivity index (χ4v) is 4.49. The van der Waals surface area contributed by atoms with Crippen molar-refractivity contribution in [3.8, 4) is 0 Å². The molecule has 0 aliphatic carbocycles. The SMILES string of the molecule is Cc1ccc(C)c(NC(=O)CSc2cccc(NC(=O)/C(=C/c3ccc(F)cc3)NC(=O)c3ccccc3)c2)c1. The van der Waals surface area contributed by atoms with E-state index in [0.29, 0.717) is 16.8 Å². The molecule has 3 amide bonds. The topological polar surface area (TPSA) is 87.3 Å². The van der Waals surface area contributed by atoms with E-state index in [0.717, 1.165) is 21.7 Å². The van der Waals surface area contributed by atoms with Gasteiger partial charge in [0.2, 0.25) is 5.91 Å². The van der Waals surface area contributed by atoms with Crippen LogP contribution in [0.3, 0.4) is 0 Å². The Hall–Kier alpha value is -4.69. The zero-order valence-corrected chi connectivity index (χ0v) is 22.8. The Morgan fingerprint density at radius 3 is 2.33 bits per heavy atom. The van der Waals surface area contributed by atoms with Crippen LogP contribution in [0.4, 0.5) is 15.8 Å². The number of rotatable bonds is 9. The predicted molar refractivity (Wildman–Crippen MR) is 159 cm³/mol. The van der Waals surface area contributed by atoms with Crippen LogP contribution >= 0.6 is 11.8 Å². The summed E-state index contributed by atoms with van der Waals surface area (Å²) in [5, 5.41) is 8.40. The molecule has 40 heavy (non-hydrogen) atoms. The molecule has 0 heterocycles. The maximum absolute atomic E-state index is 13.4. The first-order valence-electron chi connectivity index (χ1n) is 12.5. The van der Waals surface area contributed by atoms with E-state index in [-0.39, 0.29) is 17.4 Å². The van der Waals surface area contributed by atoms with Gasteiger partial charge >= 0.3 is 0 Å². The average Bonchev–Trinajstić information content (AvgIpc) is 2.95. The molecule has 0 unspecified atom stereocenters. The summed E-state index contributed by atoms with van der Waals surface area (Å²) in [7, 11) is 0. The molecule has 3 N–H and O–H groups in total. The lowest BCUT2D eigenvalue weighted by molar-refractivity contribution is -0.114. The number of aryl methyl sites for hydroxylation is 2. The first kappa shape index (κ1) is 28.3. The largest absolute Gasteiger partial charge is 0.325 e. The standard InChI is InChI=1S/C32H28FN3O3S/c1-21-11-12-22(2)28(17-21)35-30(37)20-40-27-10-6-9-26(19-27)34-32(39)29(18-23-13-15-25(33)16-14-23)36-31(38)24-7-4-3-5-8-24/h3-19H,20H2,1-2H3,(H,34,39)(H,35,37)(H,36,38)/b29-18-. The summed E-state index contributed by atoms with van der Waals surface area (Å²) in [5.41, 5.74) is 4.24. The number of hydrogen-bond acceptors (Lipinski definition) is 4. The number of hydrogen-bond donors (Lipinski definition) is 3. The fraction of sp³-hybridized carbons (Fsp3) is 0.0938. The van der Waals surface area contributed by atoms with Crippen LogP contribution in [0.25, 0.3) is 6.08 Å². The van der Waals surface area contributed by atoms with Crippen LogP contribution < -0.4 is 16.0 Å². The van der Waals surface area contributed by atoms with Crippen molar-refractivity contribution in [2.45, 2.75) is 18.7 Å². The second kappa shape index (κ2) is 13.4. The van der Waals surface area contributed by atoms with E-state index < -0.39 is 17.6 Å². The van der Waals surface area contributed by atoms with Crippen molar-refractivity contribution < 1.29 is 18.8 Å². The summed E-state index contributed by atoms with van der Waals surface area (Å²) < 4.78 is 13.4. The van der Waals surface area contributed by atoms with Crippen molar-refractivity contribution >= 4 is 46.9 Å². The second-order valence-corrected chi connectivity index (χ2v) is 10.1. The molecule has 4 aromatic carbocycles. The number of carbonyl (C=O) groups is 3. The van der Waals surface area contributed by atoms with Gasteiger partial charge in [0.25, 0.3) is 11.8 Å². The summed E-state index contributed by atoms with van der Waals surface area (Å²) in [6.07, 6.45) is 1.48. The van der Waals surface area contributed by atoms with Crippen molar-refractivity contribution in [1.29, 1.82) is 0 Å². The van der Waals surface area contributed by atoms with Crippen LogP contribution in [0, 0.1) is 19.7 Å². The highest BCUT2D eigenvalue weighted by Crippen LogP contribution is 2.23. The number of halogens is 1. The first-order chi connectivity index (χ1) is 19.3. The van der Waals surface area contributed by atoms with Crippen LogP contribution in [0.5, 0.6) is 0 Å². The molecule has 0 saturated carbocycles. The van der Waals surface area contributed by atoms with Crippen molar-refractivity contribution in [2.75, 3.05) is 16.4 Å². The van der Waals surface area contributed by atoms with E-state index in [4.69, 9.17) is 0 Å². The summed E-state index contributed by atoms with van der Waals surface area (Å²) in [4.78, 5) is 39.4. The summed E-state index contributed by atoms with van der Waals surface area (Å²) in [6.45, 7) is 3.91. The number of amides is 3. The Balaban J connectivity index is 1.45. The lowest BCUT2D eigenvalue weighted by Crippen LogP contribution is -2.30. The number of anilines is 2. The van der Waals surface area contributed by atoms with E-state index in [1.165, 1.54) is 42.1 Å². The van der Waals surface area contributed by atoms with Gasteiger partial charge in [0.1, 0.15) is 11.5 Å².